The Bertz CT molecular complexity index is 282. The van der Waals surface area contributed by atoms with Crippen molar-refractivity contribution in [2.24, 2.45) is 0 Å². The highest BCUT2D eigenvalue weighted by Crippen LogP contribution is 2.16. The molecule has 0 aliphatic carbocycles. The molecule has 0 saturated carbocycles. The van der Waals surface area contributed by atoms with Crippen LogP contribution in [0.25, 0.3) is 0 Å². The van der Waals surface area contributed by atoms with Crippen LogP contribution >= 0.6 is 11.8 Å². The standard InChI is InChI=1S/C10H14N2S/c1-9-3-2-4-10(11-9)12-5-7-13-8-6-12/h2-4H,5-8H2,1H3. The number of hydrogen-bond donors (Lipinski definition) is 0. The highest BCUT2D eigenvalue weighted by Gasteiger charge is 2.11. The van der Waals surface area contributed by atoms with Gasteiger partial charge in [0.15, 0.2) is 0 Å². The smallest absolute Gasteiger partial charge is 0.128 e. The van der Waals surface area contributed by atoms with Crippen LogP contribution in [0.1, 0.15) is 5.69 Å². The molecule has 0 bridgehead atoms. The first-order valence-corrected chi connectivity index (χ1v) is 5.78. The normalized spacial score (nSPS) is 17.5. The number of aryl methyl sites for hydroxylation is 1. The Morgan fingerprint density at radius 3 is 2.77 bits per heavy atom. The maximum atomic E-state index is 4.51. The fourth-order valence-electron chi connectivity index (χ4n) is 1.50. The van der Waals surface area contributed by atoms with E-state index < -0.39 is 0 Å². The van der Waals surface area contributed by atoms with Gasteiger partial charge in [-0.2, -0.15) is 11.8 Å². The summed E-state index contributed by atoms with van der Waals surface area (Å²) in [7, 11) is 0. The van der Waals surface area contributed by atoms with E-state index in [1.165, 1.54) is 11.5 Å². The van der Waals surface area contributed by atoms with Gasteiger partial charge in [0.2, 0.25) is 0 Å². The Labute approximate surface area is 83.4 Å². The summed E-state index contributed by atoms with van der Waals surface area (Å²) < 4.78 is 0. The second kappa shape index (κ2) is 4.01. The van der Waals surface area contributed by atoms with E-state index in [0.717, 1.165) is 24.6 Å². The van der Waals surface area contributed by atoms with Crippen molar-refractivity contribution in [2.45, 2.75) is 6.92 Å². The molecular formula is C10H14N2S. The lowest BCUT2D eigenvalue weighted by Crippen LogP contribution is -2.33. The second-order valence-corrected chi connectivity index (χ2v) is 4.46. The summed E-state index contributed by atoms with van der Waals surface area (Å²) >= 11 is 2.03. The molecule has 2 nitrogen and oxygen atoms in total. The van der Waals surface area contributed by atoms with Crippen LogP contribution in [0.3, 0.4) is 0 Å². The van der Waals surface area contributed by atoms with Gasteiger partial charge < -0.3 is 4.90 Å². The maximum absolute atomic E-state index is 4.51. The number of rotatable bonds is 1. The monoisotopic (exact) mass is 194 g/mol. The van der Waals surface area contributed by atoms with Gasteiger partial charge in [0.1, 0.15) is 5.82 Å². The summed E-state index contributed by atoms with van der Waals surface area (Å²) in [6, 6.07) is 6.23. The molecule has 70 valence electrons. The van der Waals surface area contributed by atoms with E-state index >= 15 is 0 Å². The zero-order valence-corrected chi connectivity index (χ0v) is 8.68. The Morgan fingerprint density at radius 2 is 2.08 bits per heavy atom. The number of thioether (sulfide) groups is 1. The largest absolute Gasteiger partial charge is 0.355 e. The molecule has 1 aliphatic rings. The third-order valence-electron chi connectivity index (χ3n) is 2.21. The lowest BCUT2D eigenvalue weighted by molar-refractivity contribution is 0.836. The zero-order chi connectivity index (χ0) is 9.10. The van der Waals surface area contributed by atoms with Crippen molar-refractivity contribution in [3.8, 4) is 0 Å². The van der Waals surface area contributed by atoms with Crippen LogP contribution in [0.2, 0.25) is 0 Å². The summed E-state index contributed by atoms with van der Waals surface area (Å²) in [5.74, 6) is 3.60. The number of nitrogens with zero attached hydrogens (tertiary/aromatic N) is 2. The molecule has 0 spiro atoms. The topological polar surface area (TPSA) is 16.1 Å². The van der Waals surface area contributed by atoms with Gasteiger partial charge in [0.25, 0.3) is 0 Å². The molecule has 13 heavy (non-hydrogen) atoms. The Kier molecular flexibility index (Phi) is 2.74. The SMILES string of the molecule is Cc1cccc(N2CCSCC2)n1. The van der Waals surface area contributed by atoms with Gasteiger partial charge in [-0.25, -0.2) is 4.98 Å². The molecule has 0 aromatic carbocycles. The van der Waals surface area contributed by atoms with Crippen molar-refractivity contribution in [3.63, 3.8) is 0 Å². The van der Waals surface area contributed by atoms with E-state index in [1.54, 1.807) is 0 Å². The predicted octanol–water partition coefficient (Wildman–Crippen LogP) is 1.94. The van der Waals surface area contributed by atoms with Gasteiger partial charge in [-0.1, -0.05) is 6.07 Å². The lowest BCUT2D eigenvalue weighted by atomic mass is 10.3. The molecule has 0 N–H and O–H groups in total. The van der Waals surface area contributed by atoms with Crippen molar-refractivity contribution in [1.82, 2.24) is 4.98 Å². The minimum atomic E-state index is 1.11. The number of hydrogen-bond acceptors (Lipinski definition) is 3. The first-order chi connectivity index (χ1) is 6.36. The second-order valence-electron chi connectivity index (χ2n) is 3.24. The van der Waals surface area contributed by atoms with Crippen LogP contribution in [0.5, 0.6) is 0 Å². The Morgan fingerprint density at radius 1 is 1.31 bits per heavy atom. The van der Waals surface area contributed by atoms with Gasteiger partial charge in [-0.05, 0) is 19.1 Å². The molecule has 1 aliphatic heterocycles. The van der Waals surface area contributed by atoms with E-state index in [1.807, 2.05) is 24.8 Å². The third-order valence-corrected chi connectivity index (χ3v) is 3.15. The van der Waals surface area contributed by atoms with Crippen LogP contribution in [-0.4, -0.2) is 29.6 Å². The fourth-order valence-corrected chi connectivity index (χ4v) is 2.40. The highest BCUT2D eigenvalue weighted by molar-refractivity contribution is 7.99. The van der Waals surface area contributed by atoms with Crippen molar-refractivity contribution < 1.29 is 0 Å². The molecule has 1 aromatic rings. The average molecular weight is 194 g/mol. The maximum Gasteiger partial charge on any atom is 0.128 e. The fraction of sp³-hybridized carbons (Fsp3) is 0.500. The quantitative estimate of drug-likeness (QED) is 0.679. The molecule has 2 heterocycles. The van der Waals surface area contributed by atoms with Crippen molar-refractivity contribution in [3.05, 3.63) is 23.9 Å². The molecule has 0 amide bonds. The summed E-state index contributed by atoms with van der Waals surface area (Å²) in [5.41, 5.74) is 1.11. The van der Waals surface area contributed by atoms with Crippen LogP contribution in [0, 0.1) is 6.92 Å². The van der Waals surface area contributed by atoms with Crippen LogP contribution in [0.15, 0.2) is 18.2 Å². The highest BCUT2D eigenvalue weighted by atomic mass is 32.2. The number of pyridine rings is 1. The third kappa shape index (κ3) is 2.15. The first-order valence-electron chi connectivity index (χ1n) is 4.62. The average Bonchev–Trinajstić information content (AvgIpc) is 2.19. The molecule has 3 heteroatoms. The summed E-state index contributed by atoms with van der Waals surface area (Å²) in [6.45, 7) is 4.32. The van der Waals surface area contributed by atoms with Crippen LogP contribution in [0.4, 0.5) is 5.82 Å². The zero-order valence-electron chi connectivity index (χ0n) is 7.86. The molecule has 0 unspecified atom stereocenters. The Hall–Kier alpha value is -0.700. The molecule has 0 atom stereocenters. The van der Waals surface area contributed by atoms with Gasteiger partial charge in [-0.3, -0.25) is 0 Å². The molecule has 0 radical (unpaired) electrons. The van der Waals surface area contributed by atoms with Crippen molar-refractivity contribution in [1.29, 1.82) is 0 Å². The van der Waals surface area contributed by atoms with Crippen LogP contribution < -0.4 is 4.90 Å². The molecule has 1 fully saturated rings. The van der Waals surface area contributed by atoms with E-state index in [4.69, 9.17) is 0 Å². The predicted molar refractivity (Wildman–Crippen MR) is 58.5 cm³/mol. The molecule has 1 saturated heterocycles. The first kappa shape index (κ1) is 8.88. The molecule has 2 rings (SSSR count). The molecular weight excluding hydrogens is 180 g/mol. The Balaban J connectivity index is 2.14. The van der Waals surface area contributed by atoms with E-state index in [-0.39, 0.29) is 0 Å². The lowest BCUT2D eigenvalue weighted by Gasteiger charge is -2.27. The summed E-state index contributed by atoms with van der Waals surface area (Å²) in [6.07, 6.45) is 0. The van der Waals surface area contributed by atoms with Gasteiger partial charge in [-0.15, -0.1) is 0 Å². The number of anilines is 1. The van der Waals surface area contributed by atoms with E-state index in [2.05, 4.69) is 22.0 Å². The minimum Gasteiger partial charge on any atom is -0.355 e. The van der Waals surface area contributed by atoms with Crippen molar-refractivity contribution in [2.75, 3.05) is 29.5 Å². The van der Waals surface area contributed by atoms with Gasteiger partial charge >= 0.3 is 0 Å². The van der Waals surface area contributed by atoms with E-state index in [0.29, 0.717) is 0 Å². The molecule has 1 aromatic heterocycles. The summed E-state index contributed by atoms with van der Waals surface area (Å²) in [4.78, 5) is 6.88. The van der Waals surface area contributed by atoms with Gasteiger partial charge in [0, 0.05) is 30.3 Å². The van der Waals surface area contributed by atoms with Crippen LogP contribution in [-0.2, 0) is 0 Å². The summed E-state index contributed by atoms with van der Waals surface area (Å²) in [5, 5.41) is 0. The van der Waals surface area contributed by atoms with Crippen molar-refractivity contribution >= 4 is 17.6 Å². The number of aromatic nitrogens is 1. The minimum absolute atomic E-state index is 1.11. The van der Waals surface area contributed by atoms with Gasteiger partial charge in [0.05, 0.1) is 0 Å². The van der Waals surface area contributed by atoms with E-state index in [9.17, 15) is 0 Å².